The Hall–Kier alpha value is -1.72. The number of rotatable bonds is 5. The van der Waals surface area contributed by atoms with E-state index in [1.165, 1.54) is 7.11 Å². The largest absolute Gasteiger partial charge is 0.469 e. The number of carbonyl (C=O) groups excluding carboxylic acids is 1. The van der Waals surface area contributed by atoms with E-state index in [0.717, 1.165) is 21.8 Å². The molecule has 0 amide bonds. The minimum absolute atomic E-state index is 0.207. The monoisotopic (exact) mass is 276 g/mol. The number of nitrogens with two attached hydrogens (primary N) is 1. The smallest absolute Gasteiger partial charge is 0.305 e. The molecule has 0 radical (unpaired) electrons. The number of aromatic nitrogens is 1. The summed E-state index contributed by atoms with van der Waals surface area (Å²) in [5, 5.41) is 2.94. The van der Waals surface area contributed by atoms with E-state index in [9.17, 15) is 4.79 Å². The van der Waals surface area contributed by atoms with Crippen molar-refractivity contribution in [3.63, 3.8) is 0 Å². The third-order valence-corrected chi connectivity index (χ3v) is 3.74. The van der Waals surface area contributed by atoms with E-state index in [1.807, 2.05) is 29.6 Å². The van der Waals surface area contributed by atoms with E-state index in [4.69, 9.17) is 5.73 Å². The van der Waals surface area contributed by atoms with Gasteiger partial charge in [0.1, 0.15) is 5.01 Å². The van der Waals surface area contributed by atoms with Gasteiger partial charge in [-0.05, 0) is 5.56 Å². The van der Waals surface area contributed by atoms with E-state index in [1.54, 1.807) is 11.3 Å². The number of methoxy groups -OCH3 is 1. The molecule has 0 atom stereocenters. The zero-order valence-electron chi connectivity index (χ0n) is 10.8. The SMILES string of the molecule is COC(=O)CCc1csc(-c2ccc(CN)cc2)n1. The highest BCUT2D eigenvalue weighted by Crippen LogP contribution is 2.24. The third kappa shape index (κ3) is 3.62. The maximum absolute atomic E-state index is 11.1. The molecule has 0 spiro atoms. The normalized spacial score (nSPS) is 10.4. The second-order valence-electron chi connectivity index (χ2n) is 4.12. The highest BCUT2D eigenvalue weighted by molar-refractivity contribution is 7.13. The molecule has 2 aromatic rings. The van der Waals surface area contributed by atoms with Crippen molar-refractivity contribution in [2.45, 2.75) is 19.4 Å². The molecule has 4 nitrogen and oxygen atoms in total. The van der Waals surface area contributed by atoms with E-state index < -0.39 is 0 Å². The summed E-state index contributed by atoms with van der Waals surface area (Å²) in [5.41, 5.74) is 8.67. The van der Waals surface area contributed by atoms with Crippen LogP contribution in [-0.2, 0) is 22.5 Å². The van der Waals surface area contributed by atoms with E-state index >= 15 is 0 Å². The highest BCUT2D eigenvalue weighted by Gasteiger charge is 2.07. The van der Waals surface area contributed by atoms with Gasteiger partial charge in [0.2, 0.25) is 0 Å². The summed E-state index contributed by atoms with van der Waals surface area (Å²) in [6.07, 6.45) is 0.982. The lowest BCUT2D eigenvalue weighted by atomic mass is 10.1. The molecule has 0 saturated carbocycles. The lowest BCUT2D eigenvalue weighted by Crippen LogP contribution is -2.01. The van der Waals surface area contributed by atoms with Crippen molar-refractivity contribution in [2.24, 2.45) is 5.73 Å². The maximum Gasteiger partial charge on any atom is 0.305 e. The van der Waals surface area contributed by atoms with Gasteiger partial charge >= 0.3 is 5.97 Å². The Morgan fingerprint density at radius 1 is 1.37 bits per heavy atom. The molecule has 0 aliphatic heterocycles. The molecule has 0 fully saturated rings. The molecule has 5 heteroatoms. The van der Waals surface area contributed by atoms with Crippen molar-refractivity contribution in [3.05, 3.63) is 40.9 Å². The molecule has 0 aliphatic carbocycles. The van der Waals surface area contributed by atoms with Crippen LogP contribution in [0.1, 0.15) is 17.7 Å². The van der Waals surface area contributed by atoms with Gasteiger partial charge in [0.05, 0.1) is 19.2 Å². The van der Waals surface area contributed by atoms with Gasteiger partial charge in [-0.3, -0.25) is 4.79 Å². The fourth-order valence-corrected chi connectivity index (χ4v) is 2.53. The van der Waals surface area contributed by atoms with Gasteiger partial charge in [-0.25, -0.2) is 4.98 Å². The molecular formula is C14H16N2O2S. The lowest BCUT2D eigenvalue weighted by molar-refractivity contribution is -0.140. The lowest BCUT2D eigenvalue weighted by Gasteiger charge is -1.99. The summed E-state index contributed by atoms with van der Waals surface area (Å²) in [4.78, 5) is 15.6. The Balaban J connectivity index is 2.05. The number of aryl methyl sites for hydroxylation is 1. The van der Waals surface area contributed by atoms with E-state index in [2.05, 4.69) is 9.72 Å². The van der Waals surface area contributed by atoms with E-state index in [-0.39, 0.29) is 5.97 Å². The fourth-order valence-electron chi connectivity index (χ4n) is 1.67. The average molecular weight is 276 g/mol. The number of benzene rings is 1. The first-order valence-corrected chi connectivity index (χ1v) is 6.91. The molecule has 0 unspecified atom stereocenters. The molecule has 0 saturated heterocycles. The molecule has 0 aliphatic rings. The predicted octanol–water partition coefficient (Wildman–Crippen LogP) is 2.37. The third-order valence-electron chi connectivity index (χ3n) is 2.80. The van der Waals surface area contributed by atoms with Crippen molar-refractivity contribution in [1.29, 1.82) is 0 Å². The summed E-state index contributed by atoms with van der Waals surface area (Å²) >= 11 is 1.58. The average Bonchev–Trinajstić information content (AvgIpc) is 2.93. The standard InChI is InChI=1S/C14H16N2O2S/c1-18-13(17)7-6-12-9-19-14(16-12)11-4-2-10(8-15)3-5-11/h2-5,9H,6-8,15H2,1H3. The number of hydrogen-bond donors (Lipinski definition) is 1. The Kier molecular flexibility index (Phi) is 4.65. The van der Waals surface area contributed by atoms with Crippen LogP contribution in [0, 0.1) is 0 Å². The van der Waals surface area contributed by atoms with Crippen LogP contribution in [0.5, 0.6) is 0 Å². The number of carbonyl (C=O) groups is 1. The number of nitrogens with zero attached hydrogens (tertiary/aromatic N) is 1. The number of thiazole rings is 1. The predicted molar refractivity (Wildman–Crippen MR) is 75.8 cm³/mol. The number of esters is 1. The van der Waals surface area contributed by atoms with Crippen LogP contribution in [0.25, 0.3) is 10.6 Å². The van der Waals surface area contributed by atoms with Gasteiger partial charge < -0.3 is 10.5 Å². The van der Waals surface area contributed by atoms with Gasteiger partial charge in [-0.15, -0.1) is 11.3 Å². The number of ether oxygens (including phenoxy) is 1. The zero-order valence-corrected chi connectivity index (χ0v) is 11.6. The van der Waals surface area contributed by atoms with Gasteiger partial charge in [0, 0.05) is 23.9 Å². The van der Waals surface area contributed by atoms with Crippen molar-refractivity contribution in [3.8, 4) is 10.6 Å². The van der Waals surface area contributed by atoms with Gasteiger partial charge in [-0.2, -0.15) is 0 Å². The molecule has 100 valence electrons. The summed E-state index contributed by atoms with van der Waals surface area (Å²) in [6.45, 7) is 0.544. The molecule has 2 N–H and O–H groups in total. The zero-order chi connectivity index (χ0) is 13.7. The van der Waals surface area contributed by atoms with Gasteiger partial charge in [-0.1, -0.05) is 24.3 Å². The fraction of sp³-hybridized carbons (Fsp3) is 0.286. The Labute approximate surface area is 116 Å². The molecule has 19 heavy (non-hydrogen) atoms. The number of hydrogen-bond acceptors (Lipinski definition) is 5. The van der Waals surface area contributed by atoms with Crippen molar-refractivity contribution in [1.82, 2.24) is 4.98 Å². The highest BCUT2D eigenvalue weighted by atomic mass is 32.1. The minimum Gasteiger partial charge on any atom is -0.469 e. The first-order chi connectivity index (χ1) is 9.22. The van der Waals surface area contributed by atoms with Crippen molar-refractivity contribution in [2.75, 3.05) is 7.11 Å². The molecular weight excluding hydrogens is 260 g/mol. The van der Waals surface area contributed by atoms with Crippen LogP contribution in [-0.4, -0.2) is 18.1 Å². The van der Waals surface area contributed by atoms with Gasteiger partial charge in [0.25, 0.3) is 0 Å². The van der Waals surface area contributed by atoms with Crippen LogP contribution in [0.3, 0.4) is 0 Å². The summed E-state index contributed by atoms with van der Waals surface area (Å²) in [6, 6.07) is 8.05. The van der Waals surface area contributed by atoms with Crippen LogP contribution < -0.4 is 5.73 Å². The van der Waals surface area contributed by atoms with E-state index in [0.29, 0.717) is 19.4 Å². The van der Waals surface area contributed by atoms with Crippen LogP contribution in [0.15, 0.2) is 29.6 Å². The molecule has 0 bridgehead atoms. The molecule has 1 aromatic heterocycles. The Bertz CT molecular complexity index is 549. The maximum atomic E-state index is 11.1. The second-order valence-corrected chi connectivity index (χ2v) is 4.98. The Morgan fingerprint density at radius 3 is 2.74 bits per heavy atom. The van der Waals surface area contributed by atoms with Crippen molar-refractivity contribution < 1.29 is 9.53 Å². The Morgan fingerprint density at radius 2 is 2.11 bits per heavy atom. The minimum atomic E-state index is -0.207. The molecule has 2 rings (SSSR count). The first-order valence-electron chi connectivity index (χ1n) is 6.03. The molecule has 1 aromatic carbocycles. The van der Waals surface area contributed by atoms with Crippen LogP contribution in [0.2, 0.25) is 0 Å². The van der Waals surface area contributed by atoms with Gasteiger partial charge in [0.15, 0.2) is 0 Å². The summed E-state index contributed by atoms with van der Waals surface area (Å²) in [7, 11) is 1.40. The van der Waals surface area contributed by atoms with Crippen molar-refractivity contribution >= 4 is 17.3 Å². The first kappa shape index (κ1) is 13.7. The summed E-state index contributed by atoms with van der Waals surface area (Å²) in [5.74, 6) is -0.207. The second kappa shape index (κ2) is 6.45. The molecule has 1 heterocycles. The summed E-state index contributed by atoms with van der Waals surface area (Å²) < 4.78 is 4.61. The topological polar surface area (TPSA) is 65.2 Å². The van der Waals surface area contributed by atoms with Crippen LogP contribution in [0.4, 0.5) is 0 Å². The quantitative estimate of drug-likeness (QED) is 0.851. The van der Waals surface area contributed by atoms with Crippen LogP contribution >= 0.6 is 11.3 Å².